The summed E-state index contributed by atoms with van der Waals surface area (Å²) < 4.78 is 0. The number of hydrogen-bond donors (Lipinski definition) is 2. The van der Waals surface area contributed by atoms with Crippen molar-refractivity contribution in [2.75, 3.05) is 23.3 Å². The minimum Gasteiger partial charge on any atom is -0.327 e. The van der Waals surface area contributed by atoms with Crippen molar-refractivity contribution in [1.82, 2.24) is 5.32 Å². The second-order valence-corrected chi connectivity index (χ2v) is 6.61. The van der Waals surface area contributed by atoms with Crippen LogP contribution in [0.2, 0.25) is 5.02 Å². The molecular weight excluding hydrogens is 362 g/mol. The third-order valence-electron chi connectivity index (χ3n) is 4.15. The zero-order chi connectivity index (χ0) is 19.1. The molecule has 2 N–H and O–H groups in total. The van der Waals surface area contributed by atoms with Crippen molar-refractivity contribution < 1.29 is 9.59 Å². The van der Waals surface area contributed by atoms with Gasteiger partial charge in [-0.05, 0) is 55.3 Å². The van der Waals surface area contributed by atoms with Crippen LogP contribution < -0.4 is 15.5 Å². The number of nitrogens with zero attached hydrogens (tertiary/aromatic N) is 1. The van der Waals surface area contributed by atoms with Crippen LogP contribution in [0.3, 0.4) is 0 Å². The molecule has 3 amide bonds. The molecule has 0 saturated carbocycles. The van der Waals surface area contributed by atoms with Gasteiger partial charge in [0.1, 0.15) is 0 Å². The molecule has 1 fully saturated rings. The van der Waals surface area contributed by atoms with Gasteiger partial charge in [0.2, 0.25) is 5.91 Å². The van der Waals surface area contributed by atoms with Gasteiger partial charge in [-0.2, -0.15) is 0 Å². The number of nitrogens with one attached hydrogen (secondary N) is 2. The lowest BCUT2D eigenvalue weighted by Gasteiger charge is -2.26. The van der Waals surface area contributed by atoms with Crippen molar-refractivity contribution in [2.24, 2.45) is 0 Å². The van der Waals surface area contributed by atoms with Crippen molar-refractivity contribution in [1.29, 1.82) is 0 Å². The van der Waals surface area contributed by atoms with Gasteiger partial charge in [-0.25, -0.2) is 4.79 Å². The summed E-state index contributed by atoms with van der Waals surface area (Å²) in [5.74, 6) is 6.08. The molecule has 0 radical (unpaired) electrons. The largest absolute Gasteiger partial charge is 0.327 e. The summed E-state index contributed by atoms with van der Waals surface area (Å²) in [5, 5.41) is 5.92. The summed E-state index contributed by atoms with van der Waals surface area (Å²) in [5.41, 5.74) is 2.36. The SMILES string of the molecule is O=C(NCC#Cc1ccc(N2CCCCC2=O)cc1)Nc1cccc(Cl)c1. The van der Waals surface area contributed by atoms with E-state index < -0.39 is 0 Å². The summed E-state index contributed by atoms with van der Waals surface area (Å²) in [6, 6.07) is 14.2. The number of benzene rings is 2. The molecule has 27 heavy (non-hydrogen) atoms. The van der Waals surface area contributed by atoms with Crippen molar-refractivity contribution in [3.63, 3.8) is 0 Å². The first-order valence-electron chi connectivity index (χ1n) is 8.81. The lowest BCUT2D eigenvalue weighted by atomic mass is 10.1. The predicted octanol–water partition coefficient (Wildman–Crippen LogP) is 4.03. The highest BCUT2D eigenvalue weighted by molar-refractivity contribution is 6.30. The number of carbonyl (C=O) groups excluding carboxylic acids is 2. The summed E-state index contributed by atoms with van der Waals surface area (Å²) in [6.07, 6.45) is 2.62. The van der Waals surface area contributed by atoms with Crippen molar-refractivity contribution in [3.8, 4) is 11.8 Å². The Kier molecular flexibility index (Phi) is 6.35. The Bertz CT molecular complexity index is 884. The molecule has 2 aromatic carbocycles. The third kappa shape index (κ3) is 5.50. The molecule has 3 rings (SSSR count). The van der Waals surface area contributed by atoms with Crippen LogP contribution in [0.5, 0.6) is 0 Å². The molecule has 1 aliphatic rings. The van der Waals surface area contributed by atoms with E-state index in [2.05, 4.69) is 22.5 Å². The van der Waals surface area contributed by atoms with Gasteiger partial charge in [0, 0.05) is 34.9 Å². The molecule has 0 unspecified atom stereocenters. The molecular formula is C21H20ClN3O2. The van der Waals surface area contributed by atoms with E-state index in [-0.39, 0.29) is 18.5 Å². The van der Waals surface area contributed by atoms with Gasteiger partial charge >= 0.3 is 6.03 Å². The van der Waals surface area contributed by atoms with Gasteiger partial charge in [-0.1, -0.05) is 29.5 Å². The highest BCUT2D eigenvalue weighted by Crippen LogP contribution is 2.21. The van der Waals surface area contributed by atoms with Gasteiger partial charge in [0.15, 0.2) is 0 Å². The topological polar surface area (TPSA) is 61.4 Å². The first-order valence-corrected chi connectivity index (χ1v) is 9.19. The number of carbonyl (C=O) groups is 2. The van der Waals surface area contributed by atoms with E-state index in [0.717, 1.165) is 30.6 Å². The Morgan fingerprint density at radius 1 is 1.15 bits per heavy atom. The summed E-state index contributed by atoms with van der Waals surface area (Å²) >= 11 is 5.88. The van der Waals surface area contributed by atoms with Crippen LogP contribution in [0.15, 0.2) is 48.5 Å². The van der Waals surface area contributed by atoms with Gasteiger partial charge in [-0.3, -0.25) is 4.79 Å². The highest BCUT2D eigenvalue weighted by Gasteiger charge is 2.19. The van der Waals surface area contributed by atoms with E-state index in [4.69, 9.17) is 11.6 Å². The molecule has 138 valence electrons. The molecule has 1 aliphatic heterocycles. The van der Waals surface area contributed by atoms with Crippen molar-refractivity contribution in [2.45, 2.75) is 19.3 Å². The number of urea groups is 1. The maximum atomic E-state index is 11.9. The number of anilines is 2. The van der Waals surface area contributed by atoms with E-state index >= 15 is 0 Å². The predicted molar refractivity (Wildman–Crippen MR) is 108 cm³/mol. The zero-order valence-electron chi connectivity index (χ0n) is 14.8. The van der Waals surface area contributed by atoms with E-state index in [1.807, 2.05) is 29.2 Å². The summed E-state index contributed by atoms with van der Waals surface area (Å²) in [6.45, 7) is 0.994. The highest BCUT2D eigenvalue weighted by atomic mass is 35.5. The molecule has 0 aliphatic carbocycles. The van der Waals surface area contributed by atoms with Crippen LogP contribution in [0, 0.1) is 11.8 Å². The molecule has 0 atom stereocenters. The minimum atomic E-state index is -0.342. The van der Waals surface area contributed by atoms with E-state index in [9.17, 15) is 9.59 Å². The van der Waals surface area contributed by atoms with Crippen molar-refractivity contribution in [3.05, 3.63) is 59.1 Å². The molecule has 2 aromatic rings. The molecule has 1 saturated heterocycles. The van der Waals surface area contributed by atoms with Crippen LogP contribution in [-0.2, 0) is 4.79 Å². The lowest BCUT2D eigenvalue weighted by molar-refractivity contribution is -0.119. The number of hydrogen-bond acceptors (Lipinski definition) is 2. The molecule has 0 bridgehead atoms. The quantitative estimate of drug-likeness (QED) is 0.788. The fourth-order valence-electron chi connectivity index (χ4n) is 2.82. The Labute approximate surface area is 163 Å². The molecule has 0 aromatic heterocycles. The number of rotatable bonds is 3. The maximum absolute atomic E-state index is 11.9. The smallest absolute Gasteiger partial charge is 0.319 e. The molecule has 6 heteroatoms. The number of amides is 3. The average Bonchev–Trinajstić information content (AvgIpc) is 2.66. The van der Waals surface area contributed by atoms with E-state index in [1.165, 1.54) is 0 Å². The first kappa shape index (κ1) is 18.8. The molecule has 1 heterocycles. The van der Waals surface area contributed by atoms with Crippen LogP contribution in [-0.4, -0.2) is 25.0 Å². The maximum Gasteiger partial charge on any atom is 0.319 e. The van der Waals surface area contributed by atoms with E-state index in [1.54, 1.807) is 24.3 Å². The van der Waals surface area contributed by atoms with Crippen LogP contribution in [0.4, 0.5) is 16.2 Å². The lowest BCUT2D eigenvalue weighted by Crippen LogP contribution is -2.35. The van der Waals surface area contributed by atoms with Gasteiger partial charge in [0.25, 0.3) is 0 Å². The van der Waals surface area contributed by atoms with Gasteiger partial charge in [0.05, 0.1) is 6.54 Å². The average molecular weight is 382 g/mol. The normalized spacial score (nSPS) is 13.5. The Balaban J connectivity index is 1.49. The standard InChI is InChI=1S/C21H20ClN3O2/c22-17-6-3-7-18(15-17)24-21(27)23-13-4-5-16-9-11-19(12-10-16)25-14-2-1-8-20(25)26/h3,6-7,9-12,15H,1-2,8,13-14H2,(H2,23,24,27). The molecule has 5 nitrogen and oxygen atoms in total. The second kappa shape index (κ2) is 9.11. The Morgan fingerprint density at radius 2 is 1.96 bits per heavy atom. The van der Waals surface area contributed by atoms with Gasteiger partial charge < -0.3 is 15.5 Å². The number of halogens is 1. The number of piperidine rings is 1. The summed E-state index contributed by atoms with van der Waals surface area (Å²) in [7, 11) is 0. The van der Waals surface area contributed by atoms with Gasteiger partial charge in [-0.15, -0.1) is 0 Å². The van der Waals surface area contributed by atoms with Crippen LogP contribution in [0.25, 0.3) is 0 Å². The Hall–Kier alpha value is -2.97. The Morgan fingerprint density at radius 3 is 2.70 bits per heavy atom. The second-order valence-electron chi connectivity index (χ2n) is 6.17. The fraction of sp³-hybridized carbons (Fsp3) is 0.238. The van der Waals surface area contributed by atoms with Crippen LogP contribution >= 0.6 is 11.6 Å². The monoisotopic (exact) mass is 381 g/mol. The van der Waals surface area contributed by atoms with Crippen LogP contribution in [0.1, 0.15) is 24.8 Å². The summed E-state index contributed by atoms with van der Waals surface area (Å²) in [4.78, 5) is 25.6. The van der Waals surface area contributed by atoms with E-state index in [0.29, 0.717) is 17.1 Å². The van der Waals surface area contributed by atoms with Crippen molar-refractivity contribution >= 4 is 34.9 Å². The fourth-order valence-corrected chi connectivity index (χ4v) is 3.01. The third-order valence-corrected chi connectivity index (χ3v) is 4.39. The molecule has 0 spiro atoms. The first-order chi connectivity index (χ1) is 13.1. The minimum absolute atomic E-state index is 0.176. The zero-order valence-corrected chi connectivity index (χ0v) is 15.6.